The number of hydrogen-bond donors (Lipinski definition) is 0. The molecule has 1 aliphatic heterocycles. The van der Waals surface area contributed by atoms with Crippen molar-refractivity contribution in [1.29, 1.82) is 0 Å². The summed E-state index contributed by atoms with van der Waals surface area (Å²) >= 11 is 0. The standard InChI is InChI=1S/C18H20FN3O2/c1-14(24-16-7-5-15(19)6-8-16)18(23)22-12-10-21(11-13-22)17-4-2-3-9-20-17/h2-9,14H,10-13H2,1H3/t14-/m0/s1. The van der Waals surface area contributed by atoms with Gasteiger partial charge in [0.15, 0.2) is 6.10 Å². The maximum atomic E-state index is 12.9. The number of rotatable bonds is 4. The largest absolute Gasteiger partial charge is 0.481 e. The van der Waals surface area contributed by atoms with Crippen molar-refractivity contribution in [1.82, 2.24) is 9.88 Å². The second-order valence-corrected chi connectivity index (χ2v) is 5.71. The molecule has 0 spiro atoms. The summed E-state index contributed by atoms with van der Waals surface area (Å²) in [6, 6.07) is 11.5. The molecule has 1 aromatic heterocycles. The predicted octanol–water partition coefficient (Wildman–Crippen LogP) is 2.34. The molecular formula is C18H20FN3O2. The molecule has 6 heteroatoms. The number of carbonyl (C=O) groups excluding carboxylic acids is 1. The normalized spacial score (nSPS) is 15.9. The summed E-state index contributed by atoms with van der Waals surface area (Å²) in [6.07, 6.45) is 1.17. The van der Waals surface area contributed by atoms with Crippen LogP contribution in [0.25, 0.3) is 0 Å². The number of halogens is 1. The number of aromatic nitrogens is 1. The summed E-state index contributed by atoms with van der Waals surface area (Å²) in [5.41, 5.74) is 0. The second-order valence-electron chi connectivity index (χ2n) is 5.71. The highest BCUT2D eigenvalue weighted by molar-refractivity contribution is 5.81. The van der Waals surface area contributed by atoms with E-state index in [0.29, 0.717) is 18.8 Å². The summed E-state index contributed by atoms with van der Waals surface area (Å²) in [5, 5.41) is 0. The molecule has 0 N–H and O–H groups in total. The average molecular weight is 329 g/mol. The van der Waals surface area contributed by atoms with Crippen molar-refractivity contribution in [2.75, 3.05) is 31.1 Å². The summed E-state index contributed by atoms with van der Waals surface area (Å²) < 4.78 is 18.5. The number of hydrogen-bond acceptors (Lipinski definition) is 4. The first-order chi connectivity index (χ1) is 11.6. The fourth-order valence-corrected chi connectivity index (χ4v) is 2.72. The third-order valence-corrected chi connectivity index (χ3v) is 4.04. The van der Waals surface area contributed by atoms with Gasteiger partial charge in [0.1, 0.15) is 17.4 Å². The first-order valence-corrected chi connectivity index (χ1v) is 8.00. The smallest absolute Gasteiger partial charge is 0.263 e. The van der Waals surface area contributed by atoms with Gasteiger partial charge in [-0.15, -0.1) is 0 Å². The van der Waals surface area contributed by atoms with E-state index in [1.165, 1.54) is 24.3 Å². The summed E-state index contributed by atoms with van der Waals surface area (Å²) in [4.78, 5) is 20.8. The van der Waals surface area contributed by atoms with Gasteiger partial charge < -0.3 is 14.5 Å². The van der Waals surface area contributed by atoms with E-state index in [9.17, 15) is 9.18 Å². The highest BCUT2D eigenvalue weighted by Gasteiger charge is 2.26. The number of piperazine rings is 1. The number of amides is 1. The third-order valence-electron chi connectivity index (χ3n) is 4.04. The molecule has 3 rings (SSSR count). The first-order valence-electron chi connectivity index (χ1n) is 8.00. The van der Waals surface area contributed by atoms with Crippen molar-refractivity contribution in [2.24, 2.45) is 0 Å². The van der Waals surface area contributed by atoms with Crippen LogP contribution in [0.3, 0.4) is 0 Å². The molecule has 0 bridgehead atoms. The maximum absolute atomic E-state index is 12.9. The van der Waals surface area contributed by atoms with Crippen LogP contribution in [0, 0.1) is 5.82 Å². The molecule has 0 aliphatic carbocycles. The van der Waals surface area contributed by atoms with Crippen LogP contribution in [0.4, 0.5) is 10.2 Å². The number of pyridine rings is 1. The Labute approximate surface area is 140 Å². The Hall–Kier alpha value is -2.63. The van der Waals surface area contributed by atoms with Gasteiger partial charge in [0, 0.05) is 32.4 Å². The molecule has 5 nitrogen and oxygen atoms in total. The van der Waals surface area contributed by atoms with E-state index >= 15 is 0 Å². The van der Waals surface area contributed by atoms with Gasteiger partial charge in [-0.3, -0.25) is 4.79 Å². The Morgan fingerprint density at radius 3 is 2.46 bits per heavy atom. The number of anilines is 1. The molecule has 0 unspecified atom stereocenters. The van der Waals surface area contributed by atoms with E-state index < -0.39 is 6.10 Å². The Morgan fingerprint density at radius 1 is 1.12 bits per heavy atom. The molecule has 2 aromatic rings. The van der Waals surface area contributed by atoms with Gasteiger partial charge in [0.25, 0.3) is 5.91 Å². The zero-order valence-electron chi connectivity index (χ0n) is 13.6. The lowest BCUT2D eigenvalue weighted by molar-refractivity contribution is -0.138. The zero-order chi connectivity index (χ0) is 16.9. The van der Waals surface area contributed by atoms with Crippen LogP contribution in [-0.4, -0.2) is 48.1 Å². The fraction of sp³-hybridized carbons (Fsp3) is 0.333. The van der Waals surface area contributed by atoms with Gasteiger partial charge in [0.2, 0.25) is 0 Å². The van der Waals surface area contributed by atoms with E-state index in [2.05, 4.69) is 9.88 Å². The molecule has 1 saturated heterocycles. The summed E-state index contributed by atoms with van der Waals surface area (Å²) in [7, 11) is 0. The van der Waals surface area contributed by atoms with Crippen LogP contribution in [0.5, 0.6) is 5.75 Å². The average Bonchev–Trinajstić information content (AvgIpc) is 2.64. The number of benzene rings is 1. The SMILES string of the molecule is C[C@H](Oc1ccc(F)cc1)C(=O)N1CCN(c2ccccn2)CC1. The molecule has 1 atom stereocenters. The summed E-state index contributed by atoms with van der Waals surface area (Å²) in [6.45, 7) is 4.47. The van der Waals surface area contributed by atoms with Crippen molar-refractivity contribution in [3.8, 4) is 5.75 Å². The third kappa shape index (κ3) is 3.82. The van der Waals surface area contributed by atoms with Gasteiger partial charge in [-0.1, -0.05) is 6.07 Å². The first kappa shape index (κ1) is 16.2. The zero-order valence-corrected chi connectivity index (χ0v) is 13.6. The molecule has 24 heavy (non-hydrogen) atoms. The van der Waals surface area contributed by atoms with E-state index in [1.54, 1.807) is 18.0 Å². The highest BCUT2D eigenvalue weighted by Crippen LogP contribution is 2.16. The van der Waals surface area contributed by atoms with E-state index in [1.807, 2.05) is 18.2 Å². The topological polar surface area (TPSA) is 45.7 Å². The summed E-state index contributed by atoms with van der Waals surface area (Å²) in [5.74, 6) is 1.04. The van der Waals surface area contributed by atoms with Crippen molar-refractivity contribution in [3.63, 3.8) is 0 Å². The molecule has 0 radical (unpaired) electrons. The van der Waals surface area contributed by atoms with Crippen molar-refractivity contribution >= 4 is 11.7 Å². The molecule has 2 heterocycles. The molecule has 0 saturated carbocycles. The van der Waals surface area contributed by atoms with E-state index in [-0.39, 0.29) is 11.7 Å². The molecule has 1 fully saturated rings. The lowest BCUT2D eigenvalue weighted by Crippen LogP contribution is -2.52. The van der Waals surface area contributed by atoms with Crippen LogP contribution in [0.1, 0.15) is 6.92 Å². The van der Waals surface area contributed by atoms with Crippen LogP contribution in [0.2, 0.25) is 0 Å². The number of ether oxygens (including phenoxy) is 1. The van der Waals surface area contributed by atoms with Crippen LogP contribution < -0.4 is 9.64 Å². The van der Waals surface area contributed by atoms with E-state index in [4.69, 9.17) is 4.74 Å². The molecular weight excluding hydrogens is 309 g/mol. The van der Waals surface area contributed by atoms with Gasteiger partial charge in [-0.2, -0.15) is 0 Å². The Morgan fingerprint density at radius 2 is 1.83 bits per heavy atom. The fourth-order valence-electron chi connectivity index (χ4n) is 2.72. The van der Waals surface area contributed by atoms with Crippen LogP contribution in [0.15, 0.2) is 48.7 Å². The van der Waals surface area contributed by atoms with E-state index in [0.717, 1.165) is 18.9 Å². The Balaban J connectivity index is 1.53. The number of nitrogens with zero attached hydrogens (tertiary/aromatic N) is 3. The molecule has 1 aromatic carbocycles. The minimum atomic E-state index is -0.600. The van der Waals surface area contributed by atoms with Crippen molar-refractivity contribution < 1.29 is 13.9 Å². The quantitative estimate of drug-likeness (QED) is 0.864. The second kappa shape index (κ2) is 7.29. The highest BCUT2D eigenvalue weighted by atomic mass is 19.1. The van der Waals surface area contributed by atoms with Crippen LogP contribution in [-0.2, 0) is 4.79 Å². The van der Waals surface area contributed by atoms with Crippen molar-refractivity contribution in [3.05, 3.63) is 54.5 Å². The lowest BCUT2D eigenvalue weighted by Gasteiger charge is -2.36. The molecule has 1 aliphatic rings. The van der Waals surface area contributed by atoms with Gasteiger partial charge >= 0.3 is 0 Å². The molecule has 126 valence electrons. The van der Waals surface area contributed by atoms with Gasteiger partial charge in [-0.05, 0) is 43.3 Å². The Bertz CT molecular complexity index is 670. The maximum Gasteiger partial charge on any atom is 0.263 e. The minimum absolute atomic E-state index is 0.0556. The Kier molecular flexibility index (Phi) is 4.93. The minimum Gasteiger partial charge on any atom is -0.481 e. The predicted molar refractivity (Wildman–Crippen MR) is 89.5 cm³/mol. The monoisotopic (exact) mass is 329 g/mol. The van der Waals surface area contributed by atoms with Crippen LogP contribution >= 0.6 is 0 Å². The molecule has 1 amide bonds. The van der Waals surface area contributed by atoms with Gasteiger partial charge in [-0.25, -0.2) is 9.37 Å². The van der Waals surface area contributed by atoms with Crippen molar-refractivity contribution in [2.45, 2.75) is 13.0 Å². The number of carbonyl (C=O) groups is 1. The van der Waals surface area contributed by atoms with Gasteiger partial charge in [0.05, 0.1) is 0 Å². The lowest BCUT2D eigenvalue weighted by atomic mass is 10.2.